The minimum Gasteiger partial charge on any atom is -0.336 e. The van der Waals surface area contributed by atoms with Crippen molar-refractivity contribution in [3.05, 3.63) is 29.3 Å². The van der Waals surface area contributed by atoms with Crippen molar-refractivity contribution in [3.8, 4) is 0 Å². The van der Waals surface area contributed by atoms with E-state index in [1.165, 1.54) is 10.4 Å². The third-order valence-corrected chi connectivity index (χ3v) is 6.23. The van der Waals surface area contributed by atoms with E-state index in [4.69, 9.17) is 0 Å². The summed E-state index contributed by atoms with van der Waals surface area (Å²) in [4.78, 5) is 14.7. The molecule has 0 aliphatic carbocycles. The lowest BCUT2D eigenvalue weighted by molar-refractivity contribution is 0.0735. The van der Waals surface area contributed by atoms with Crippen LogP contribution in [-0.2, 0) is 10.0 Å². The molecule has 0 bridgehead atoms. The van der Waals surface area contributed by atoms with Gasteiger partial charge in [-0.2, -0.15) is 4.31 Å². The average Bonchev–Trinajstić information content (AvgIpc) is 2.56. The van der Waals surface area contributed by atoms with Gasteiger partial charge in [-0.3, -0.25) is 4.79 Å². The largest absolute Gasteiger partial charge is 0.336 e. The summed E-state index contributed by atoms with van der Waals surface area (Å²) in [6.45, 7) is 9.09. The van der Waals surface area contributed by atoms with Crippen LogP contribution in [0.4, 0.5) is 0 Å². The van der Waals surface area contributed by atoms with E-state index in [0.717, 1.165) is 18.7 Å². The van der Waals surface area contributed by atoms with E-state index in [9.17, 15) is 13.2 Å². The monoisotopic (exact) mass is 375 g/mol. The highest BCUT2D eigenvalue weighted by molar-refractivity contribution is 7.89. The normalized spacial score (nSPS) is 15.2. The van der Waals surface area contributed by atoms with Crippen LogP contribution < -0.4 is 5.32 Å². The van der Waals surface area contributed by atoms with Crippen LogP contribution in [0.1, 0.15) is 29.8 Å². The summed E-state index contributed by atoms with van der Waals surface area (Å²) < 4.78 is 26.7. The number of halogens is 1. The van der Waals surface area contributed by atoms with Crippen LogP contribution >= 0.6 is 12.4 Å². The molecular weight excluding hydrogens is 350 g/mol. The molecule has 1 amide bonds. The first kappa shape index (κ1) is 20.9. The van der Waals surface area contributed by atoms with Gasteiger partial charge in [0.2, 0.25) is 10.0 Å². The molecule has 0 unspecified atom stereocenters. The molecule has 0 radical (unpaired) electrons. The maximum Gasteiger partial charge on any atom is 0.254 e. The van der Waals surface area contributed by atoms with E-state index in [2.05, 4.69) is 5.32 Å². The number of aryl methyl sites for hydroxylation is 1. The summed E-state index contributed by atoms with van der Waals surface area (Å²) in [7, 11) is -3.55. The van der Waals surface area contributed by atoms with Gasteiger partial charge in [-0.15, -0.1) is 12.4 Å². The Morgan fingerprint density at radius 2 is 1.79 bits per heavy atom. The minimum atomic E-state index is -3.55. The summed E-state index contributed by atoms with van der Waals surface area (Å²) in [5.74, 6) is -0.0967. The van der Waals surface area contributed by atoms with Crippen molar-refractivity contribution >= 4 is 28.3 Å². The highest BCUT2D eigenvalue weighted by Gasteiger charge is 2.25. The first-order valence-electron chi connectivity index (χ1n) is 8.02. The number of benzene rings is 1. The molecule has 1 heterocycles. The Labute approximate surface area is 150 Å². The molecule has 1 N–H and O–H groups in total. The van der Waals surface area contributed by atoms with Gasteiger partial charge in [0.15, 0.2) is 0 Å². The number of rotatable bonds is 5. The van der Waals surface area contributed by atoms with Gasteiger partial charge >= 0.3 is 0 Å². The van der Waals surface area contributed by atoms with Gasteiger partial charge in [0, 0.05) is 44.8 Å². The second-order valence-corrected chi connectivity index (χ2v) is 7.55. The molecule has 0 aromatic heterocycles. The van der Waals surface area contributed by atoms with E-state index in [-0.39, 0.29) is 23.2 Å². The fraction of sp³-hybridized carbons (Fsp3) is 0.562. The molecule has 1 fully saturated rings. The molecule has 8 heteroatoms. The molecule has 1 aromatic rings. The number of hydrogen-bond donors (Lipinski definition) is 1. The van der Waals surface area contributed by atoms with Crippen LogP contribution in [0.3, 0.4) is 0 Å². The molecule has 6 nitrogen and oxygen atoms in total. The molecule has 2 rings (SSSR count). The van der Waals surface area contributed by atoms with Gasteiger partial charge < -0.3 is 10.2 Å². The van der Waals surface area contributed by atoms with E-state index in [1.54, 1.807) is 17.0 Å². The Bertz CT molecular complexity index is 669. The van der Waals surface area contributed by atoms with Gasteiger partial charge in [-0.25, -0.2) is 8.42 Å². The zero-order chi connectivity index (χ0) is 17.0. The number of hydrogen-bond acceptors (Lipinski definition) is 4. The number of nitrogens with one attached hydrogen (secondary N) is 1. The van der Waals surface area contributed by atoms with Gasteiger partial charge in [-0.05, 0) is 24.6 Å². The average molecular weight is 376 g/mol. The van der Waals surface area contributed by atoms with Crippen LogP contribution in [0.2, 0.25) is 0 Å². The van der Waals surface area contributed by atoms with Crippen molar-refractivity contribution < 1.29 is 13.2 Å². The van der Waals surface area contributed by atoms with Crippen LogP contribution in [0.15, 0.2) is 23.1 Å². The van der Waals surface area contributed by atoms with Gasteiger partial charge in [0.25, 0.3) is 5.91 Å². The fourth-order valence-electron chi connectivity index (χ4n) is 2.74. The van der Waals surface area contributed by atoms with Crippen molar-refractivity contribution in [2.75, 3.05) is 39.3 Å². The highest BCUT2D eigenvalue weighted by Crippen LogP contribution is 2.21. The van der Waals surface area contributed by atoms with E-state index in [1.807, 2.05) is 20.8 Å². The quantitative estimate of drug-likeness (QED) is 0.846. The van der Waals surface area contributed by atoms with Crippen molar-refractivity contribution in [2.45, 2.75) is 25.7 Å². The van der Waals surface area contributed by atoms with Crippen LogP contribution in [0.25, 0.3) is 0 Å². The van der Waals surface area contributed by atoms with Crippen LogP contribution in [0.5, 0.6) is 0 Å². The number of sulfonamides is 1. The molecule has 24 heavy (non-hydrogen) atoms. The Kier molecular flexibility index (Phi) is 7.66. The Hall–Kier alpha value is -1.15. The molecule has 136 valence electrons. The molecule has 0 atom stereocenters. The first-order chi connectivity index (χ1) is 10.9. The number of carbonyl (C=O) groups excluding carboxylic acids is 1. The fourth-order valence-corrected chi connectivity index (χ4v) is 4.23. The van der Waals surface area contributed by atoms with Crippen LogP contribution in [0, 0.1) is 6.92 Å². The predicted molar refractivity (Wildman–Crippen MR) is 97.3 cm³/mol. The maximum absolute atomic E-state index is 12.7. The number of carbonyl (C=O) groups is 1. The van der Waals surface area contributed by atoms with Crippen molar-refractivity contribution in [1.82, 2.24) is 14.5 Å². The minimum absolute atomic E-state index is 0. The second-order valence-electron chi connectivity index (χ2n) is 5.61. The molecule has 1 aliphatic rings. The zero-order valence-corrected chi connectivity index (χ0v) is 16.0. The van der Waals surface area contributed by atoms with E-state index in [0.29, 0.717) is 31.7 Å². The molecule has 1 aromatic carbocycles. The summed E-state index contributed by atoms with van der Waals surface area (Å²) in [6, 6.07) is 4.82. The Morgan fingerprint density at radius 3 is 2.33 bits per heavy atom. The third-order valence-electron chi connectivity index (χ3n) is 4.19. The molecule has 1 aliphatic heterocycles. The van der Waals surface area contributed by atoms with Crippen molar-refractivity contribution in [1.29, 1.82) is 0 Å². The third kappa shape index (κ3) is 4.27. The summed E-state index contributed by atoms with van der Waals surface area (Å²) in [6.07, 6.45) is 0. The molecule has 0 saturated carbocycles. The standard InChI is InChI=1S/C16H25N3O3S.ClH/c1-4-19(5-2)23(21,22)14-7-6-13(3)15(12-14)16(20)18-10-8-17-9-11-18;/h6-7,12,17H,4-5,8-11H2,1-3H3;1H. The number of piperazine rings is 1. The summed E-state index contributed by atoms with van der Waals surface area (Å²) in [5.41, 5.74) is 1.27. The van der Waals surface area contributed by atoms with E-state index < -0.39 is 10.0 Å². The first-order valence-corrected chi connectivity index (χ1v) is 9.46. The second kappa shape index (κ2) is 8.80. The topological polar surface area (TPSA) is 69.7 Å². The van der Waals surface area contributed by atoms with Crippen molar-refractivity contribution in [3.63, 3.8) is 0 Å². The van der Waals surface area contributed by atoms with E-state index >= 15 is 0 Å². The Morgan fingerprint density at radius 1 is 1.21 bits per heavy atom. The molecule has 0 spiro atoms. The lowest BCUT2D eigenvalue weighted by Crippen LogP contribution is -2.46. The van der Waals surface area contributed by atoms with Crippen LogP contribution in [-0.4, -0.2) is 62.8 Å². The van der Waals surface area contributed by atoms with Gasteiger partial charge in [-0.1, -0.05) is 19.9 Å². The number of nitrogens with zero attached hydrogens (tertiary/aromatic N) is 2. The predicted octanol–water partition coefficient (Wildman–Crippen LogP) is 1.49. The van der Waals surface area contributed by atoms with Crippen molar-refractivity contribution in [2.24, 2.45) is 0 Å². The molecule has 1 saturated heterocycles. The lowest BCUT2D eigenvalue weighted by atomic mass is 10.1. The van der Waals surface area contributed by atoms with Gasteiger partial charge in [0.1, 0.15) is 0 Å². The van der Waals surface area contributed by atoms with Gasteiger partial charge in [0.05, 0.1) is 4.90 Å². The number of amides is 1. The highest BCUT2D eigenvalue weighted by atomic mass is 35.5. The maximum atomic E-state index is 12.7. The Balaban J connectivity index is 0.00000288. The smallest absolute Gasteiger partial charge is 0.254 e. The lowest BCUT2D eigenvalue weighted by Gasteiger charge is -2.28. The summed E-state index contributed by atoms with van der Waals surface area (Å²) >= 11 is 0. The molecular formula is C16H26ClN3O3S. The summed E-state index contributed by atoms with van der Waals surface area (Å²) in [5, 5.41) is 3.21. The zero-order valence-electron chi connectivity index (χ0n) is 14.4. The SMILES string of the molecule is CCN(CC)S(=O)(=O)c1ccc(C)c(C(=O)N2CCNCC2)c1.Cl.